The first-order chi connectivity index (χ1) is 6.70. The number of fused-ring (bicyclic) bond motifs is 1. The minimum Gasteiger partial charge on any atom is -0.475 e. The summed E-state index contributed by atoms with van der Waals surface area (Å²) in [7, 11) is 0. The average Bonchev–Trinajstić information content (AvgIpc) is 2.59. The highest BCUT2D eigenvalue weighted by atomic mass is 16.4. The summed E-state index contributed by atoms with van der Waals surface area (Å²) in [5.41, 5.74) is 6.60. The first kappa shape index (κ1) is 9.27. The molecule has 0 bridgehead atoms. The predicted octanol–water partition coefficient (Wildman–Crippen LogP) is 1.04. The molecule has 0 radical (unpaired) electrons. The molecule has 0 spiro atoms. The molecule has 1 heterocycles. The first-order valence-corrected chi connectivity index (χ1v) is 4.75. The van der Waals surface area contributed by atoms with E-state index in [1.807, 2.05) is 0 Å². The van der Waals surface area contributed by atoms with Crippen LogP contribution >= 0.6 is 0 Å². The lowest BCUT2D eigenvalue weighted by atomic mass is 9.88. The summed E-state index contributed by atoms with van der Waals surface area (Å²) in [6.07, 6.45) is 2.69. The molecule has 14 heavy (non-hydrogen) atoms. The molecule has 0 aromatic carbocycles. The Morgan fingerprint density at radius 2 is 2.50 bits per heavy atom. The van der Waals surface area contributed by atoms with E-state index in [9.17, 15) is 4.79 Å². The van der Waals surface area contributed by atoms with Gasteiger partial charge in [-0.1, -0.05) is 0 Å². The topological polar surface area (TPSA) is 76.5 Å². The van der Waals surface area contributed by atoms with E-state index in [1.54, 1.807) is 6.07 Å². The maximum atomic E-state index is 10.7. The molecule has 1 atom stereocenters. The van der Waals surface area contributed by atoms with Crippen molar-refractivity contribution in [2.24, 2.45) is 11.7 Å². The largest absolute Gasteiger partial charge is 0.475 e. The van der Waals surface area contributed by atoms with Crippen molar-refractivity contribution < 1.29 is 14.3 Å². The van der Waals surface area contributed by atoms with Crippen LogP contribution in [0.2, 0.25) is 0 Å². The van der Waals surface area contributed by atoms with E-state index in [-0.39, 0.29) is 5.76 Å². The van der Waals surface area contributed by atoms with Gasteiger partial charge in [-0.05, 0) is 36.9 Å². The average molecular weight is 195 g/mol. The van der Waals surface area contributed by atoms with Gasteiger partial charge in [-0.2, -0.15) is 0 Å². The molecule has 76 valence electrons. The van der Waals surface area contributed by atoms with E-state index in [0.29, 0.717) is 12.5 Å². The van der Waals surface area contributed by atoms with Crippen LogP contribution < -0.4 is 5.73 Å². The van der Waals surface area contributed by atoms with E-state index < -0.39 is 5.97 Å². The second kappa shape index (κ2) is 3.46. The number of nitrogens with two attached hydrogens (primary N) is 1. The van der Waals surface area contributed by atoms with Crippen LogP contribution in [-0.2, 0) is 12.8 Å². The second-order valence-electron chi connectivity index (χ2n) is 3.71. The summed E-state index contributed by atoms with van der Waals surface area (Å²) in [5, 5.41) is 8.74. The standard InChI is InChI=1S/C10H13NO3/c11-5-6-1-2-7-4-9(10(12)13)14-8(7)3-6/h4,6H,1-3,5,11H2,(H,12,13). The van der Waals surface area contributed by atoms with Crippen LogP contribution in [0.3, 0.4) is 0 Å². The monoisotopic (exact) mass is 195 g/mol. The van der Waals surface area contributed by atoms with Gasteiger partial charge >= 0.3 is 5.97 Å². The van der Waals surface area contributed by atoms with Crippen LogP contribution in [0.4, 0.5) is 0 Å². The number of carboxylic acids is 1. The fourth-order valence-corrected chi connectivity index (χ4v) is 1.88. The minimum atomic E-state index is -0.997. The third-order valence-electron chi connectivity index (χ3n) is 2.74. The van der Waals surface area contributed by atoms with Crippen molar-refractivity contribution >= 4 is 5.97 Å². The van der Waals surface area contributed by atoms with Crippen LogP contribution in [0.15, 0.2) is 10.5 Å². The molecule has 1 aliphatic rings. The SMILES string of the molecule is NCC1CCc2cc(C(=O)O)oc2C1. The molecular weight excluding hydrogens is 182 g/mol. The molecule has 2 rings (SSSR count). The lowest BCUT2D eigenvalue weighted by Crippen LogP contribution is -2.21. The molecule has 1 aromatic rings. The molecule has 3 N–H and O–H groups in total. The Morgan fingerprint density at radius 1 is 1.71 bits per heavy atom. The summed E-state index contributed by atoms with van der Waals surface area (Å²) in [4.78, 5) is 10.7. The Bertz CT molecular complexity index is 356. The Balaban J connectivity index is 2.25. The maximum Gasteiger partial charge on any atom is 0.371 e. The van der Waals surface area contributed by atoms with Crippen LogP contribution in [-0.4, -0.2) is 17.6 Å². The molecular formula is C10H13NO3. The molecule has 1 aromatic heterocycles. The third kappa shape index (κ3) is 1.53. The van der Waals surface area contributed by atoms with Crippen molar-refractivity contribution in [1.29, 1.82) is 0 Å². The number of aryl methyl sites for hydroxylation is 1. The molecule has 1 aliphatic carbocycles. The highest BCUT2D eigenvalue weighted by molar-refractivity contribution is 5.84. The number of carboxylic acid groups (broad SMARTS) is 1. The van der Waals surface area contributed by atoms with E-state index in [0.717, 1.165) is 30.6 Å². The van der Waals surface area contributed by atoms with Gasteiger partial charge in [0.15, 0.2) is 0 Å². The lowest BCUT2D eigenvalue weighted by Gasteiger charge is -2.18. The molecule has 0 amide bonds. The quantitative estimate of drug-likeness (QED) is 0.739. The Labute approximate surface area is 81.7 Å². The fraction of sp³-hybridized carbons (Fsp3) is 0.500. The van der Waals surface area contributed by atoms with Crippen LogP contribution in [0, 0.1) is 5.92 Å². The zero-order chi connectivity index (χ0) is 10.1. The van der Waals surface area contributed by atoms with E-state index in [2.05, 4.69) is 0 Å². The van der Waals surface area contributed by atoms with Crippen molar-refractivity contribution in [3.05, 3.63) is 23.2 Å². The van der Waals surface area contributed by atoms with Gasteiger partial charge in [0.25, 0.3) is 0 Å². The van der Waals surface area contributed by atoms with Crippen molar-refractivity contribution in [3.8, 4) is 0 Å². The number of carbonyl (C=O) groups is 1. The molecule has 1 unspecified atom stereocenters. The van der Waals surface area contributed by atoms with Gasteiger partial charge in [0.05, 0.1) is 0 Å². The first-order valence-electron chi connectivity index (χ1n) is 4.75. The van der Waals surface area contributed by atoms with E-state index in [1.165, 1.54) is 0 Å². The lowest BCUT2D eigenvalue weighted by molar-refractivity contribution is 0.0660. The number of hydrogen-bond acceptors (Lipinski definition) is 3. The number of rotatable bonds is 2. The fourth-order valence-electron chi connectivity index (χ4n) is 1.88. The third-order valence-corrected chi connectivity index (χ3v) is 2.74. The second-order valence-corrected chi connectivity index (χ2v) is 3.71. The number of aromatic carboxylic acids is 1. The Hall–Kier alpha value is -1.29. The highest BCUT2D eigenvalue weighted by Crippen LogP contribution is 2.27. The van der Waals surface area contributed by atoms with Crippen LogP contribution in [0.1, 0.15) is 28.3 Å². The van der Waals surface area contributed by atoms with Gasteiger partial charge in [0.2, 0.25) is 5.76 Å². The molecule has 4 nitrogen and oxygen atoms in total. The number of hydrogen-bond donors (Lipinski definition) is 2. The van der Waals surface area contributed by atoms with Gasteiger partial charge < -0.3 is 15.3 Å². The van der Waals surface area contributed by atoms with Gasteiger partial charge in [-0.15, -0.1) is 0 Å². The van der Waals surface area contributed by atoms with Crippen molar-refractivity contribution in [2.75, 3.05) is 6.54 Å². The minimum absolute atomic E-state index is 0.0488. The van der Waals surface area contributed by atoms with Gasteiger partial charge in [-0.25, -0.2) is 4.79 Å². The van der Waals surface area contributed by atoms with E-state index in [4.69, 9.17) is 15.3 Å². The summed E-state index contributed by atoms with van der Waals surface area (Å²) in [5.74, 6) is 0.302. The van der Waals surface area contributed by atoms with Crippen molar-refractivity contribution in [1.82, 2.24) is 0 Å². The van der Waals surface area contributed by atoms with E-state index >= 15 is 0 Å². The van der Waals surface area contributed by atoms with Crippen LogP contribution in [0.5, 0.6) is 0 Å². The molecule has 0 saturated heterocycles. The number of furan rings is 1. The Kier molecular flexibility index (Phi) is 2.29. The van der Waals surface area contributed by atoms with Gasteiger partial charge in [0.1, 0.15) is 5.76 Å². The predicted molar refractivity (Wildman–Crippen MR) is 50.2 cm³/mol. The Morgan fingerprint density at radius 3 is 3.14 bits per heavy atom. The van der Waals surface area contributed by atoms with Crippen molar-refractivity contribution in [3.63, 3.8) is 0 Å². The summed E-state index contributed by atoms with van der Waals surface area (Å²) < 4.78 is 5.24. The van der Waals surface area contributed by atoms with Crippen molar-refractivity contribution in [2.45, 2.75) is 19.3 Å². The zero-order valence-electron chi connectivity index (χ0n) is 7.82. The zero-order valence-corrected chi connectivity index (χ0v) is 7.82. The van der Waals surface area contributed by atoms with Crippen LogP contribution in [0.25, 0.3) is 0 Å². The smallest absolute Gasteiger partial charge is 0.371 e. The summed E-state index contributed by atoms with van der Waals surface area (Å²) in [6, 6.07) is 1.63. The van der Waals surface area contributed by atoms with Gasteiger partial charge in [-0.3, -0.25) is 0 Å². The maximum absolute atomic E-state index is 10.7. The van der Waals surface area contributed by atoms with Gasteiger partial charge in [0, 0.05) is 6.42 Å². The molecule has 0 saturated carbocycles. The summed E-state index contributed by atoms with van der Waals surface area (Å²) >= 11 is 0. The molecule has 4 heteroatoms. The normalized spacial score (nSPS) is 20.5. The highest BCUT2D eigenvalue weighted by Gasteiger charge is 2.23. The summed E-state index contributed by atoms with van der Waals surface area (Å²) in [6.45, 7) is 0.641. The molecule has 0 fully saturated rings. The molecule has 0 aliphatic heterocycles.